The van der Waals surface area contributed by atoms with E-state index in [2.05, 4.69) is 41.1 Å². The van der Waals surface area contributed by atoms with E-state index >= 15 is 0 Å². The number of rotatable bonds is 6. The molecular weight excluding hydrogens is 453 g/mol. The van der Waals surface area contributed by atoms with Crippen LogP contribution >= 0.6 is 23.2 Å². The fourth-order valence-electron chi connectivity index (χ4n) is 5.30. The monoisotopic (exact) mass is 485 g/mol. The summed E-state index contributed by atoms with van der Waals surface area (Å²) < 4.78 is 0. The van der Waals surface area contributed by atoms with E-state index in [-0.39, 0.29) is 11.8 Å². The molecule has 0 aromatic heterocycles. The Kier molecular flexibility index (Phi) is 6.61. The van der Waals surface area contributed by atoms with Gasteiger partial charge < -0.3 is 10.2 Å². The molecule has 1 N–H and O–H groups in total. The van der Waals surface area contributed by atoms with Crippen LogP contribution in [0.5, 0.6) is 0 Å². The van der Waals surface area contributed by atoms with Gasteiger partial charge in [0, 0.05) is 37.5 Å². The number of aryl methyl sites for hydroxylation is 2. The van der Waals surface area contributed by atoms with Crippen molar-refractivity contribution >= 4 is 34.8 Å². The van der Waals surface area contributed by atoms with Gasteiger partial charge in [-0.1, -0.05) is 41.4 Å². The third-order valence-corrected chi connectivity index (χ3v) is 8.20. The molecule has 0 bridgehead atoms. The van der Waals surface area contributed by atoms with Gasteiger partial charge in [-0.15, -0.1) is 0 Å². The number of amides is 1. The van der Waals surface area contributed by atoms with Crippen molar-refractivity contribution in [2.24, 2.45) is 5.92 Å². The zero-order valence-corrected chi connectivity index (χ0v) is 21.1. The quantitative estimate of drug-likeness (QED) is 0.569. The molecule has 1 saturated carbocycles. The first-order valence-electron chi connectivity index (χ1n) is 12.2. The largest absolute Gasteiger partial charge is 0.368 e. The topological polar surface area (TPSA) is 35.6 Å². The average Bonchev–Trinajstić information content (AvgIpc) is 3.56. The lowest BCUT2D eigenvalue weighted by Gasteiger charge is -2.42. The first-order valence-corrected chi connectivity index (χ1v) is 13.0. The molecule has 0 atom stereocenters. The Morgan fingerprint density at radius 2 is 1.61 bits per heavy atom. The van der Waals surface area contributed by atoms with E-state index in [1.54, 1.807) is 0 Å². The minimum atomic E-state index is 0.194. The molecule has 3 aliphatic rings. The third-order valence-electron chi connectivity index (χ3n) is 7.59. The number of nitrogens with one attached hydrogen (secondary N) is 1. The molecule has 4 nitrogen and oxygen atoms in total. The third kappa shape index (κ3) is 5.03. The second kappa shape index (κ2) is 9.48. The highest BCUT2D eigenvalue weighted by atomic mass is 35.5. The zero-order chi connectivity index (χ0) is 23.1. The summed E-state index contributed by atoms with van der Waals surface area (Å²) in [4.78, 5) is 17.1. The number of carbonyl (C=O) groups is 1. The standard InChI is InChI=1S/C27H33Cl2N3O/c1-17-12-20(21-14-32(15-21)26-24(28)4-3-5-25(26)29)13-18(2)23(17)16-31-10-8-19(9-11-31)27(33)30-22-6-7-22/h3-5,12-13,19,21-22H,6-11,14-16H2,1-2H3,(H,30,33). The fourth-order valence-corrected chi connectivity index (χ4v) is 5.94. The number of anilines is 1. The maximum absolute atomic E-state index is 12.4. The molecule has 33 heavy (non-hydrogen) atoms. The summed E-state index contributed by atoms with van der Waals surface area (Å²) in [6, 6.07) is 10.9. The minimum absolute atomic E-state index is 0.194. The van der Waals surface area contributed by atoms with E-state index in [0.717, 1.165) is 74.1 Å². The molecule has 2 aromatic carbocycles. The van der Waals surface area contributed by atoms with Gasteiger partial charge >= 0.3 is 0 Å². The van der Waals surface area contributed by atoms with Crippen molar-refractivity contribution in [3.63, 3.8) is 0 Å². The molecule has 2 saturated heterocycles. The highest BCUT2D eigenvalue weighted by Gasteiger charge is 2.32. The number of nitrogens with zero attached hydrogens (tertiary/aromatic N) is 2. The van der Waals surface area contributed by atoms with E-state index in [4.69, 9.17) is 23.2 Å². The first kappa shape index (κ1) is 23.0. The number of piperidine rings is 1. The number of para-hydroxylation sites is 1. The molecule has 2 aliphatic heterocycles. The Labute approximate surface area is 207 Å². The van der Waals surface area contributed by atoms with Crippen molar-refractivity contribution in [2.75, 3.05) is 31.1 Å². The maximum Gasteiger partial charge on any atom is 0.223 e. The Bertz CT molecular complexity index is 994. The molecule has 5 rings (SSSR count). The van der Waals surface area contributed by atoms with Gasteiger partial charge in [-0.2, -0.15) is 0 Å². The minimum Gasteiger partial charge on any atom is -0.368 e. The maximum atomic E-state index is 12.4. The zero-order valence-electron chi connectivity index (χ0n) is 19.5. The normalized spacial score (nSPS) is 20.1. The molecule has 1 aliphatic carbocycles. The highest BCUT2D eigenvalue weighted by molar-refractivity contribution is 6.39. The smallest absolute Gasteiger partial charge is 0.223 e. The molecule has 2 aromatic rings. The van der Waals surface area contributed by atoms with Crippen LogP contribution < -0.4 is 10.2 Å². The number of benzene rings is 2. The summed E-state index contributed by atoms with van der Waals surface area (Å²) in [5.41, 5.74) is 6.53. The van der Waals surface area contributed by atoms with Crippen molar-refractivity contribution in [2.45, 2.75) is 58.0 Å². The van der Waals surface area contributed by atoms with Gasteiger partial charge in [0.1, 0.15) is 0 Å². The Hall–Kier alpha value is -1.75. The van der Waals surface area contributed by atoms with E-state index in [1.807, 2.05) is 18.2 Å². The van der Waals surface area contributed by atoms with Gasteiger partial charge in [-0.05, 0) is 87.0 Å². The summed E-state index contributed by atoms with van der Waals surface area (Å²) in [5.74, 6) is 0.977. The predicted octanol–water partition coefficient (Wildman–Crippen LogP) is 5.70. The van der Waals surface area contributed by atoms with Gasteiger partial charge in [-0.3, -0.25) is 9.69 Å². The molecule has 0 spiro atoms. The molecule has 6 heteroatoms. The molecule has 0 radical (unpaired) electrons. The lowest BCUT2D eigenvalue weighted by atomic mass is 9.86. The molecular formula is C27H33Cl2N3O. The van der Waals surface area contributed by atoms with Crippen LogP contribution in [0, 0.1) is 19.8 Å². The van der Waals surface area contributed by atoms with E-state index in [1.165, 1.54) is 22.3 Å². The van der Waals surface area contributed by atoms with E-state index in [0.29, 0.717) is 12.0 Å². The van der Waals surface area contributed by atoms with E-state index < -0.39 is 0 Å². The molecule has 2 heterocycles. The lowest BCUT2D eigenvalue weighted by molar-refractivity contribution is -0.126. The van der Waals surface area contributed by atoms with Crippen molar-refractivity contribution in [1.29, 1.82) is 0 Å². The molecule has 0 unspecified atom stereocenters. The number of likely N-dealkylation sites (tertiary alicyclic amines) is 1. The highest BCUT2D eigenvalue weighted by Crippen LogP contribution is 2.40. The molecule has 3 fully saturated rings. The summed E-state index contributed by atoms with van der Waals surface area (Å²) in [6.07, 6.45) is 4.26. The van der Waals surface area contributed by atoms with Gasteiger partial charge in [0.25, 0.3) is 0 Å². The van der Waals surface area contributed by atoms with Gasteiger partial charge in [0.05, 0.1) is 15.7 Å². The molecule has 176 valence electrons. The number of carbonyl (C=O) groups excluding carboxylic acids is 1. The predicted molar refractivity (Wildman–Crippen MR) is 136 cm³/mol. The number of hydrogen-bond acceptors (Lipinski definition) is 3. The lowest BCUT2D eigenvalue weighted by Crippen LogP contribution is -2.45. The SMILES string of the molecule is Cc1cc(C2CN(c3c(Cl)cccc3Cl)C2)cc(C)c1CN1CCC(C(=O)NC2CC2)CC1. The van der Waals surface area contributed by atoms with E-state index in [9.17, 15) is 4.79 Å². The summed E-state index contributed by atoms with van der Waals surface area (Å²) in [6.45, 7) is 9.34. The number of halogens is 2. The average molecular weight is 486 g/mol. The van der Waals surface area contributed by atoms with Crippen LogP contribution in [0.2, 0.25) is 10.0 Å². The first-order chi connectivity index (χ1) is 15.9. The van der Waals surface area contributed by atoms with Gasteiger partial charge in [0.2, 0.25) is 5.91 Å². The van der Waals surface area contributed by atoms with Crippen LogP contribution in [0.4, 0.5) is 5.69 Å². The van der Waals surface area contributed by atoms with Crippen LogP contribution in [0.1, 0.15) is 53.9 Å². The summed E-state index contributed by atoms with van der Waals surface area (Å²) >= 11 is 12.8. The molecule has 1 amide bonds. The van der Waals surface area contributed by atoms with Crippen LogP contribution in [0.15, 0.2) is 30.3 Å². The van der Waals surface area contributed by atoms with Crippen molar-refractivity contribution in [3.8, 4) is 0 Å². The van der Waals surface area contributed by atoms with Crippen LogP contribution in [-0.4, -0.2) is 43.0 Å². The van der Waals surface area contributed by atoms with Crippen LogP contribution in [-0.2, 0) is 11.3 Å². The van der Waals surface area contributed by atoms with Crippen molar-refractivity contribution in [1.82, 2.24) is 10.2 Å². The van der Waals surface area contributed by atoms with Gasteiger partial charge in [0.15, 0.2) is 0 Å². The summed E-state index contributed by atoms with van der Waals surface area (Å²) in [7, 11) is 0. The van der Waals surface area contributed by atoms with Crippen LogP contribution in [0.3, 0.4) is 0 Å². The second-order valence-corrected chi connectivity index (χ2v) is 11.0. The number of hydrogen-bond donors (Lipinski definition) is 1. The summed E-state index contributed by atoms with van der Waals surface area (Å²) in [5, 5.41) is 4.62. The Balaban J connectivity index is 1.18. The van der Waals surface area contributed by atoms with Gasteiger partial charge in [-0.25, -0.2) is 0 Å². The Morgan fingerprint density at radius 3 is 2.18 bits per heavy atom. The van der Waals surface area contributed by atoms with Crippen molar-refractivity contribution < 1.29 is 4.79 Å². The Morgan fingerprint density at radius 1 is 1.00 bits per heavy atom. The fraction of sp³-hybridized carbons (Fsp3) is 0.519. The van der Waals surface area contributed by atoms with Crippen molar-refractivity contribution in [3.05, 3.63) is 62.6 Å². The van der Waals surface area contributed by atoms with Crippen LogP contribution in [0.25, 0.3) is 0 Å². The second-order valence-electron chi connectivity index (χ2n) is 10.1.